The number of halogens is 1. The molecule has 1 aromatic heterocycles. The maximum atomic E-state index is 13.3. The highest BCUT2D eigenvalue weighted by Gasteiger charge is 2.24. The van der Waals surface area contributed by atoms with Crippen molar-refractivity contribution in [3.8, 4) is 0 Å². The van der Waals surface area contributed by atoms with Gasteiger partial charge in [-0.2, -0.15) is 0 Å². The Morgan fingerprint density at radius 3 is 2.63 bits per heavy atom. The van der Waals surface area contributed by atoms with E-state index in [1.807, 2.05) is 37.3 Å². The van der Waals surface area contributed by atoms with Gasteiger partial charge in [0.25, 0.3) is 0 Å². The summed E-state index contributed by atoms with van der Waals surface area (Å²) in [5.41, 5.74) is 3.06. The number of anilines is 1. The highest BCUT2D eigenvalue weighted by molar-refractivity contribution is 5.79. The summed E-state index contributed by atoms with van der Waals surface area (Å²) in [5, 5.41) is 2.66. The lowest BCUT2D eigenvalue weighted by Gasteiger charge is -2.32. The molecule has 30 heavy (non-hydrogen) atoms. The third kappa shape index (κ3) is 4.56. The van der Waals surface area contributed by atoms with Gasteiger partial charge in [0.1, 0.15) is 5.82 Å². The number of hydrogen-bond acceptors (Lipinski definition) is 4. The number of amides is 1. The smallest absolute Gasteiger partial charge is 0.407 e. The van der Waals surface area contributed by atoms with E-state index < -0.39 is 0 Å². The summed E-state index contributed by atoms with van der Waals surface area (Å²) in [6.07, 6.45) is 1.54. The molecule has 4 rings (SSSR count). The first-order valence-corrected chi connectivity index (χ1v) is 10.5. The fourth-order valence-corrected chi connectivity index (χ4v) is 3.92. The van der Waals surface area contributed by atoms with E-state index in [9.17, 15) is 9.18 Å². The molecule has 1 aliphatic heterocycles. The van der Waals surface area contributed by atoms with Crippen molar-refractivity contribution < 1.29 is 13.9 Å². The van der Waals surface area contributed by atoms with E-state index >= 15 is 0 Å². The number of aromatic nitrogens is 2. The van der Waals surface area contributed by atoms with Crippen LogP contribution < -0.4 is 10.2 Å². The molecule has 0 radical (unpaired) electrons. The summed E-state index contributed by atoms with van der Waals surface area (Å²) in [4.78, 5) is 18.7. The molecule has 3 aromatic rings. The predicted octanol–water partition coefficient (Wildman–Crippen LogP) is 4.19. The molecule has 1 amide bonds. The van der Waals surface area contributed by atoms with Gasteiger partial charge in [-0.05, 0) is 55.5 Å². The van der Waals surface area contributed by atoms with Crippen molar-refractivity contribution in [2.24, 2.45) is 5.92 Å². The molecule has 2 heterocycles. The van der Waals surface area contributed by atoms with Gasteiger partial charge in [0.15, 0.2) is 0 Å². The Kier molecular flexibility index (Phi) is 6.16. The number of imidazole rings is 1. The van der Waals surface area contributed by atoms with Crippen LogP contribution in [0, 0.1) is 11.7 Å². The molecule has 1 fully saturated rings. The molecular formula is C23H27FN4O2. The van der Waals surface area contributed by atoms with E-state index in [0.717, 1.165) is 48.5 Å². The van der Waals surface area contributed by atoms with Crippen LogP contribution in [0.1, 0.15) is 25.3 Å². The minimum absolute atomic E-state index is 0.230. The zero-order valence-corrected chi connectivity index (χ0v) is 17.2. The SMILES string of the molecule is CCNC(=O)OCC1CCN(c2nc3ccccc3n2Cc2ccc(F)cc2)CC1. The predicted molar refractivity (Wildman–Crippen MR) is 115 cm³/mol. The molecule has 1 saturated heterocycles. The molecule has 2 aromatic carbocycles. The van der Waals surface area contributed by atoms with E-state index in [0.29, 0.717) is 25.6 Å². The number of alkyl carbamates (subject to hydrolysis) is 1. The van der Waals surface area contributed by atoms with Gasteiger partial charge in [-0.25, -0.2) is 14.2 Å². The summed E-state index contributed by atoms with van der Waals surface area (Å²) in [5.74, 6) is 1.06. The van der Waals surface area contributed by atoms with Gasteiger partial charge in [-0.1, -0.05) is 24.3 Å². The van der Waals surface area contributed by atoms with Crippen LogP contribution >= 0.6 is 0 Å². The average Bonchev–Trinajstić information content (AvgIpc) is 3.13. The first-order chi connectivity index (χ1) is 14.6. The molecule has 0 saturated carbocycles. The highest BCUT2D eigenvalue weighted by Crippen LogP contribution is 2.28. The van der Waals surface area contributed by atoms with Crippen LogP contribution in [0.3, 0.4) is 0 Å². The van der Waals surface area contributed by atoms with E-state index in [2.05, 4.69) is 20.9 Å². The largest absolute Gasteiger partial charge is 0.449 e. The number of piperidine rings is 1. The van der Waals surface area contributed by atoms with Gasteiger partial charge < -0.3 is 19.5 Å². The second-order valence-corrected chi connectivity index (χ2v) is 7.67. The molecule has 7 heteroatoms. The summed E-state index contributed by atoms with van der Waals surface area (Å²) in [6.45, 7) is 5.24. The molecule has 0 unspecified atom stereocenters. The van der Waals surface area contributed by atoms with Crippen molar-refractivity contribution in [2.45, 2.75) is 26.3 Å². The average molecular weight is 410 g/mol. The summed E-state index contributed by atoms with van der Waals surface area (Å²) >= 11 is 0. The molecule has 0 bridgehead atoms. The molecule has 0 spiro atoms. The van der Waals surface area contributed by atoms with Crippen molar-refractivity contribution in [2.75, 3.05) is 31.1 Å². The van der Waals surface area contributed by atoms with Crippen LogP contribution in [0.15, 0.2) is 48.5 Å². The zero-order valence-electron chi connectivity index (χ0n) is 17.2. The molecule has 1 N–H and O–H groups in total. The number of ether oxygens (including phenoxy) is 1. The van der Waals surface area contributed by atoms with E-state index in [1.54, 1.807) is 0 Å². The molecule has 6 nitrogen and oxygen atoms in total. The lowest BCUT2D eigenvalue weighted by atomic mass is 9.98. The van der Waals surface area contributed by atoms with Crippen molar-refractivity contribution in [3.63, 3.8) is 0 Å². The van der Waals surface area contributed by atoms with Gasteiger partial charge in [-0.3, -0.25) is 0 Å². The first-order valence-electron chi connectivity index (χ1n) is 10.5. The third-order valence-electron chi connectivity index (χ3n) is 5.56. The minimum atomic E-state index is -0.346. The lowest BCUT2D eigenvalue weighted by Crippen LogP contribution is -2.37. The van der Waals surface area contributed by atoms with E-state index in [4.69, 9.17) is 9.72 Å². The minimum Gasteiger partial charge on any atom is -0.449 e. The number of para-hydroxylation sites is 2. The standard InChI is InChI=1S/C23H27FN4O2/c1-2-25-23(29)30-16-18-11-13-27(14-12-18)22-26-20-5-3-4-6-21(20)28(22)15-17-7-9-19(24)10-8-17/h3-10,18H,2,11-16H2,1H3,(H,25,29). The van der Waals surface area contributed by atoms with Crippen LogP contribution in [0.2, 0.25) is 0 Å². The Morgan fingerprint density at radius 2 is 1.90 bits per heavy atom. The number of rotatable bonds is 6. The highest BCUT2D eigenvalue weighted by atomic mass is 19.1. The van der Waals surface area contributed by atoms with Crippen molar-refractivity contribution >= 4 is 23.1 Å². The van der Waals surface area contributed by atoms with Crippen LogP contribution in [0.5, 0.6) is 0 Å². The Labute approximate surface area is 175 Å². The fraction of sp³-hybridized carbons (Fsp3) is 0.391. The van der Waals surface area contributed by atoms with E-state index in [1.165, 1.54) is 12.1 Å². The number of hydrogen-bond donors (Lipinski definition) is 1. The van der Waals surface area contributed by atoms with Gasteiger partial charge >= 0.3 is 6.09 Å². The van der Waals surface area contributed by atoms with Gasteiger partial charge in [0.05, 0.1) is 24.2 Å². The monoisotopic (exact) mass is 410 g/mol. The second-order valence-electron chi connectivity index (χ2n) is 7.67. The maximum Gasteiger partial charge on any atom is 0.407 e. The third-order valence-corrected chi connectivity index (χ3v) is 5.56. The van der Waals surface area contributed by atoms with Crippen molar-refractivity contribution in [1.82, 2.24) is 14.9 Å². The van der Waals surface area contributed by atoms with Gasteiger partial charge in [0, 0.05) is 19.6 Å². The molecule has 1 aliphatic rings. The van der Waals surface area contributed by atoms with Gasteiger partial charge in [0.2, 0.25) is 5.95 Å². The zero-order chi connectivity index (χ0) is 20.9. The quantitative estimate of drug-likeness (QED) is 0.662. The number of nitrogens with one attached hydrogen (secondary N) is 1. The molecule has 0 aliphatic carbocycles. The number of nitrogens with zero attached hydrogens (tertiary/aromatic N) is 3. The molecule has 158 valence electrons. The molecular weight excluding hydrogens is 383 g/mol. The van der Waals surface area contributed by atoms with Crippen LogP contribution in [-0.2, 0) is 11.3 Å². The lowest BCUT2D eigenvalue weighted by molar-refractivity contribution is 0.120. The first kappa shape index (κ1) is 20.2. The summed E-state index contributed by atoms with van der Waals surface area (Å²) < 4.78 is 20.8. The van der Waals surface area contributed by atoms with Crippen molar-refractivity contribution in [3.05, 3.63) is 59.9 Å². The van der Waals surface area contributed by atoms with Gasteiger partial charge in [-0.15, -0.1) is 0 Å². The van der Waals surface area contributed by atoms with Crippen LogP contribution in [0.25, 0.3) is 11.0 Å². The maximum absolute atomic E-state index is 13.3. The number of carbonyl (C=O) groups is 1. The molecule has 0 atom stereocenters. The van der Waals surface area contributed by atoms with Crippen molar-refractivity contribution in [1.29, 1.82) is 0 Å². The Balaban J connectivity index is 1.49. The summed E-state index contributed by atoms with van der Waals surface area (Å²) in [7, 11) is 0. The van der Waals surface area contributed by atoms with Crippen LogP contribution in [-0.4, -0.2) is 41.9 Å². The normalized spacial score (nSPS) is 14.8. The van der Waals surface area contributed by atoms with E-state index in [-0.39, 0.29) is 11.9 Å². The Hall–Kier alpha value is -3.09. The number of benzene rings is 2. The summed E-state index contributed by atoms with van der Waals surface area (Å²) in [6, 6.07) is 14.7. The fourth-order valence-electron chi connectivity index (χ4n) is 3.92. The topological polar surface area (TPSA) is 59.4 Å². The number of fused-ring (bicyclic) bond motifs is 1. The number of carbonyl (C=O) groups excluding carboxylic acids is 1. The Morgan fingerprint density at radius 1 is 1.17 bits per heavy atom. The van der Waals surface area contributed by atoms with Crippen LogP contribution in [0.4, 0.5) is 15.1 Å². The second kappa shape index (κ2) is 9.15. The Bertz CT molecular complexity index is 994.